The molecule has 0 aromatic heterocycles. The first-order chi connectivity index (χ1) is 18.8. The van der Waals surface area contributed by atoms with Crippen LogP contribution in [0.2, 0.25) is 0 Å². The van der Waals surface area contributed by atoms with Gasteiger partial charge in [0.1, 0.15) is 6.04 Å². The standard InChI is InChI=1S/C29H36F3N3O4S/c1-19(2)34(3)23-12-13-26(21(17-23)18-40(38,39)24-10-5-4-6-11-24)35-15-14-25(28(35)37)33-27(36)20-8-7-9-22(16-20)29(30,31)32/h4-11,16,19,21,23,25-26H,12-15,17-18H2,1-3H3,(H,33,36)/t21-,23+,25+,26+/m1/s1. The number of rotatable bonds is 8. The number of nitrogens with zero attached hydrogens (tertiary/aromatic N) is 2. The third-order valence-electron chi connectivity index (χ3n) is 8.24. The van der Waals surface area contributed by atoms with Gasteiger partial charge in [0.25, 0.3) is 5.91 Å². The lowest BCUT2D eigenvalue weighted by Crippen LogP contribution is -2.53. The maximum Gasteiger partial charge on any atom is 0.416 e. The molecule has 0 spiro atoms. The van der Waals surface area contributed by atoms with Crippen LogP contribution in [0.5, 0.6) is 0 Å². The Labute approximate surface area is 233 Å². The first-order valence-electron chi connectivity index (χ1n) is 13.6. The summed E-state index contributed by atoms with van der Waals surface area (Å²) < 4.78 is 66.0. The van der Waals surface area contributed by atoms with E-state index in [0.717, 1.165) is 24.6 Å². The van der Waals surface area contributed by atoms with Gasteiger partial charge in [-0.1, -0.05) is 24.3 Å². The number of likely N-dealkylation sites (tertiary alicyclic amines) is 1. The van der Waals surface area contributed by atoms with Crippen molar-refractivity contribution >= 4 is 21.7 Å². The van der Waals surface area contributed by atoms with E-state index < -0.39 is 33.5 Å². The van der Waals surface area contributed by atoms with E-state index in [9.17, 15) is 31.2 Å². The van der Waals surface area contributed by atoms with Gasteiger partial charge in [-0.2, -0.15) is 13.2 Å². The Morgan fingerprint density at radius 2 is 1.77 bits per heavy atom. The Morgan fingerprint density at radius 1 is 1.07 bits per heavy atom. The third-order valence-corrected chi connectivity index (χ3v) is 10.1. The molecule has 4 atom stereocenters. The Bertz CT molecular complexity index is 1320. The lowest BCUT2D eigenvalue weighted by atomic mass is 9.81. The zero-order valence-electron chi connectivity index (χ0n) is 22.9. The molecule has 4 rings (SSSR count). The van der Waals surface area contributed by atoms with E-state index in [1.54, 1.807) is 35.2 Å². The highest BCUT2D eigenvalue weighted by atomic mass is 32.2. The fourth-order valence-corrected chi connectivity index (χ4v) is 7.54. The molecular formula is C29H36F3N3O4S. The summed E-state index contributed by atoms with van der Waals surface area (Å²) in [5.74, 6) is -1.50. The molecule has 1 N–H and O–H groups in total. The van der Waals surface area contributed by atoms with Crippen molar-refractivity contribution in [3.05, 3.63) is 65.7 Å². The van der Waals surface area contributed by atoms with Crippen LogP contribution in [-0.4, -0.2) is 73.5 Å². The van der Waals surface area contributed by atoms with E-state index >= 15 is 0 Å². The number of carbonyl (C=O) groups excluding carboxylic acids is 2. The molecule has 11 heteroatoms. The number of sulfone groups is 1. The Hall–Kier alpha value is -2.92. The quantitative estimate of drug-likeness (QED) is 0.502. The van der Waals surface area contributed by atoms with Gasteiger partial charge in [0.15, 0.2) is 9.84 Å². The first kappa shape index (κ1) is 30.0. The lowest BCUT2D eigenvalue weighted by molar-refractivity contribution is -0.137. The minimum Gasteiger partial charge on any atom is -0.340 e. The summed E-state index contributed by atoms with van der Waals surface area (Å²) in [6.45, 7) is 4.51. The fraction of sp³-hybridized carbons (Fsp3) is 0.517. The summed E-state index contributed by atoms with van der Waals surface area (Å²) in [4.78, 5) is 30.4. The van der Waals surface area contributed by atoms with E-state index in [2.05, 4.69) is 24.1 Å². The molecule has 0 radical (unpaired) electrons. The molecule has 2 aromatic rings. The molecule has 1 heterocycles. The number of benzene rings is 2. The first-order valence-corrected chi connectivity index (χ1v) is 15.2. The maximum atomic E-state index is 13.5. The van der Waals surface area contributed by atoms with Crippen LogP contribution in [0.4, 0.5) is 13.2 Å². The van der Waals surface area contributed by atoms with Crippen molar-refractivity contribution in [3.8, 4) is 0 Å². The van der Waals surface area contributed by atoms with Gasteiger partial charge in [0.05, 0.1) is 16.2 Å². The van der Waals surface area contributed by atoms with Crippen LogP contribution in [-0.2, 0) is 20.8 Å². The second-order valence-corrected chi connectivity index (χ2v) is 13.1. The smallest absolute Gasteiger partial charge is 0.340 e. The van der Waals surface area contributed by atoms with E-state index in [-0.39, 0.29) is 46.2 Å². The topological polar surface area (TPSA) is 86.8 Å². The van der Waals surface area contributed by atoms with Crippen LogP contribution in [0, 0.1) is 5.92 Å². The molecule has 2 aromatic carbocycles. The maximum absolute atomic E-state index is 13.5. The number of alkyl halides is 3. The van der Waals surface area contributed by atoms with Crippen molar-refractivity contribution < 1.29 is 31.2 Å². The molecule has 1 saturated carbocycles. The van der Waals surface area contributed by atoms with E-state index in [4.69, 9.17) is 0 Å². The molecule has 0 bridgehead atoms. The van der Waals surface area contributed by atoms with Crippen LogP contribution >= 0.6 is 0 Å². The van der Waals surface area contributed by atoms with Crippen LogP contribution in [0.3, 0.4) is 0 Å². The molecule has 1 aliphatic carbocycles. The zero-order chi connectivity index (χ0) is 29.2. The molecule has 1 saturated heterocycles. The van der Waals surface area contributed by atoms with Crippen molar-refractivity contribution in [2.75, 3.05) is 19.3 Å². The van der Waals surface area contributed by atoms with Crippen LogP contribution in [0.1, 0.15) is 55.5 Å². The second kappa shape index (κ2) is 11.9. The van der Waals surface area contributed by atoms with Gasteiger partial charge in [0.2, 0.25) is 5.91 Å². The van der Waals surface area contributed by atoms with Crippen molar-refractivity contribution in [1.29, 1.82) is 0 Å². The largest absolute Gasteiger partial charge is 0.416 e. The van der Waals surface area contributed by atoms with Gasteiger partial charge in [0, 0.05) is 30.2 Å². The number of carbonyl (C=O) groups is 2. The summed E-state index contributed by atoms with van der Waals surface area (Å²) in [7, 11) is -1.59. The van der Waals surface area contributed by atoms with E-state index in [1.165, 1.54) is 6.07 Å². The molecule has 2 aliphatic rings. The predicted octanol–water partition coefficient (Wildman–Crippen LogP) is 4.39. The molecule has 0 unspecified atom stereocenters. The molecule has 218 valence electrons. The van der Waals surface area contributed by atoms with Gasteiger partial charge >= 0.3 is 6.18 Å². The van der Waals surface area contributed by atoms with Crippen molar-refractivity contribution in [1.82, 2.24) is 15.1 Å². The SMILES string of the molecule is CC(C)N(C)[C@H]1CC[C@H](N2CC[C@H](NC(=O)c3cccc(C(F)(F)F)c3)C2=O)[C@@H](CS(=O)(=O)c2ccccc2)C1. The number of hydrogen-bond acceptors (Lipinski definition) is 5. The minimum absolute atomic E-state index is 0.102. The van der Waals surface area contributed by atoms with Gasteiger partial charge < -0.3 is 15.1 Å². The van der Waals surface area contributed by atoms with Crippen molar-refractivity contribution in [3.63, 3.8) is 0 Å². The highest BCUT2D eigenvalue weighted by Crippen LogP contribution is 2.36. The average Bonchev–Trinajstić information content (AvgIpc) is 3.27. The third kappa shape index (κ3) is 6.68. The number of amides is 2. The lowest BCUT2D eigenvalue weighted by Gasteiger charge is -2.44. The average molecular weight is 580 g/mol. The molecule has 40 heavy (non-hydrogen) atoms. The zero-order valence-corrected chi connectivity index (χ0v) is 23.7. The Balaban J connectivity index is 1.51. The van der Waals surface area contributed by atoms with Crippen molar-refractivity contribution in [2.24, 2.45) is 5.92 Å². The summed E-state index contributed by atoms with van der Waals surface area (Å²) in [6.07, 6.45) is -2.26. The normalized spacial score (nSPS) is 24.1. The van der Waals surface area contributed by atoms with Gasteiger partial charge in [-0.15, -0.1) is 0 Å². The number of halogens is 3. The molecule has 2 amide bonds. The highest BCUT2D eigenvalue weighted by molar-refractivity contribution is 7.91. The Morgan fingerprint density at radius 3 is 2.42 bits per heavy atom. The number of hydrogen-bond donors (Lipinski definition) is 1. The number of nitrogens with one attached hydrogen (secondary N) is 1. The Kier molecular flexibility index (Phi) is 8.94. The minimum atomic E-state index is -4.59. The van der Waals surface area contributed by atoms with Crippen LogP contribution in [0.25, 0.3) is 0 Å². The summed E-state index contributed by atoms with van der Waals surface area (Å²) >= 11 is 0. The van der Waals surface area contributed by atoms with E-state index in [0.29, 0.717) is 25.8 Å². The summed E-state index contributed by atoms with van der Waals surface area (Å²) in [5.41, 5.74) is -1.12. The van der Waals surface area contributed by atoms with Gasteiger partial charge in [-0.25, -0.2) is 8.42 Å². The fourth-order valence-electron chi connectivity index (χ4n) is 5.85. The second-order valence-electron chi connectivity index (χ2n) is 11.1. The molecule has 7 nitrogen and oxygen atoms in total. The van der Waals surface area contributed by atoms with Gasteiger partial charge in [-0.05, 0) is 82.8 Å². The molecular weight excluding hydrogens is 543 g/mol. The predicted molar refractivity (Wildman–Crippen MR) is 145 cm³/mol. The van der Waals surface area contributed by atoms with Crippen LogP contribution in [0.15, 0.2) is 59.5 Å². The summed E-state index contributed by atoms with van der Waals surface area (Å²) in [6, 6.07) is 11.6. The van der Waals surface area contributed by atoms with Gasteiger partial charge in [-0.3, -0.25) is 9.59 Å². The molecule has 1 aliphatic heterocycles. The monoisotopic (exact) mass is 579 g/mol. The van der Waals surface area contributed by atoms with Crippen LogP contribution < -0.4 is 5.32 Å². The van der Waals surface area contributed by atoms with E-state index in [1.807, 2.05) is 7.05 Å². The summed E-state index contributed by atoms with van der Waals surface area (Å²) in [5, 5.41) is 2.60. The van der Waals surface area contributed by atoms with Crippen molar-refractivity contribution in [2.45, 2.75) is 74.8 Å². The highest BCUT2D eigenvalue weighted by Gasteiger charge is 2.44. The molecule has 2 fully saturated rings.